The fraction of sp³-hybridized carbons (Fsp3) is 0.333. The highest BCUT2D eigenvalue weighted by molar-refractivity contribution is 14.1. The van der Waals surface area contributed by atoms with Crippen LogP contribution >= 0.6 is 45.2 Å². The van der Waals surface area contributed by atoms with Gasteiger partial charge in [-0.15, -0.1) is 0 Å². The molecule has 1 rings (SSSR count). The Morgan fingerprint density at radius 1 is 1.23 bits per heavy atom. The number of ether oxygens (including phenoxy) is 2. The molecule has 0 aliphatic rings. The van der Waals surface area contributed by atoms with Gasteiger partial charge in [0.2, 0.25) is 0 Å². The summed E-state index contributed by atoms with van der Waals surface area (Å²) in [4.78, 5) is 0. The normalized spacial score (nSPS) is 10.1. The molecule has 0 N–H and O–H groups in total. The SMILES string of the molecule is CCOCOc1c(I)cccc1I. The summed E-state index contributed by atoms with van der Waals surface area (Å²) < 4.78 is 12.8. The summed E-state index contributed by atoms with van der Waals surface area (Å²) in [6.45, 7) is 2.96. The number of rotatable bonds is 4. The topological polar surface area (TPSA) is 18.5 Å². The zero-order valence-electron chi connectivity index (χ0n) is 7.22. The van der Waals surface area contributed by atoms with E-state index in [4.69, 9.17) is 9.47 Å². The Balaban J connectivity index is 2.64. The van der Waals surface area contributed by atoms with Crippen LogP contribution in [0.2, 0.25) is 0 Å². The van der Waals surface area contributed by atoms with Crippen molar-refractivity contribution in [3.63, 3.8) is 0 Å². The minimum atomic E-state index is 0.326. The Morgan fingerprint density at radius 3 is 2.38 bits per heavy atom. The highest BCUT2D eigenvalue weighted by atomic mass is 127. The Hall–Kier alpha value is 0.440. The van der Waals surface area contributed by atoms with Crippen LogP contribution in [0.5, 0.6) is 5.75 Å². The Morgan fingerprint density at radius 2 is 1.85 bits per heavy atom. The molecule has 0 aliphatic carbocycles. The summed E-state index contributed by atoms with van der Waals surface area (Å²) in [5.74, 6) is 0.914. The van der Waals surface area contributed by atoms with Crippen LogP contribution < -0.4 is 4.74 Å². The van der Waals surface area contributed by atoms with Gasteiger partial charge >= 0.3 is 0 Å². The molecule has 72 valence electrons. The van der Waals surface area contributed by atoms with Gasteiger partial charge in [-0.1, -0.05) is 6.07 Å². The van der Waals surface area contributed by atoms with Crippen LogP contribution in [0.3, 0.4) is 0 Å². The molecular formula is C9H10I2O2. The van der Waals surface area contributed by atoms with Gasteiger partial charge in [-0.3, -0.25) is 0 Å². The van der Waals surface area contributed by atoms with E-state index in [9.17, 15) is 0 Å². The molecule has 0 saturated heterocycles. The third kappa shape index (κ3) is 3.59. The van der Waals surface area contributed by atoms with Crippen molar-refractivity contribution in [2.24, 2.45) is 0 Å². The first kappa shape index (κ1) is 11.5. The highest BCUT2D eigenvalue weighted by Gasteiger charge is 2.04. The molecule has 0 bridgehead atoms. The molecule has 0 amide bonds. The van der Waals surface area contributed by atoms with Crippen molar-refractivity contribution in [1.29, 1.82) is 0 Å². The summed E-state index contributed by atoms with van der Waals surface area (Å²) in [6.07, 6.45) is 0. The highest BCUT2D eigenvalue weighted by Crippen LogP contribution is 2.26. The number of para-hydroxylation sites is 1. The van der Waals surface area contributed by atoms with Crippen LogP contribution in [0.1, 0.15) is 6.92 Å². The number of benzene rings is 1. The predicted octanol–water partition coefficient (Wildman–Crippen LogP) is 3.27. The lowest BCUT2D eigenvalue weighted by Gasteiger charge is -2.09. The van der Waals surface area contributed by atoms with Crippen molar-refractivity contribution >= 4 is 45.2 Å². The number of halogens is 2. The van der Waals surface area contributed by atoms with Gasteiger partial charge in [0.05, 0.1) is 7.14 Å². The fourth-order valence-corrected chi connectivity index (χ4v) is 2.63. The first-order chi connectivity index (χ1) is 6.25. The fourth-order valence-electron chi connectivity index (χ4n) is 0.804. The lowest BCUT2D eigenvalue weighted by molar-refractivity contribution is 0.0214. The second-order valence-corrected chi connectivity index (χ2v) is 4.63. The molecule has 0 radical (unpaired) electrons. The third-order valence-electron chi connectivity index (χ3n) is 1.41. The smallest absolute Gasteiger partial charge is 0.189 e. The van der Waals surface area contributed by atoms with Crippen molar-refractivity contribution in [3.8, 4) is 5.75 Å². The molecule has 1 aromatic rings. The summed E-state index contributed by atoms with van der Waals surface area (Å²) in [5.41, 5.74) is 0. The molecule has 0 heterocycles. The molecule has 1 aromatic carbocycles. The Kier molecular flexibility index (Phi) is 5.34. The molecule has 0 spiro atoms. The lowest BCUT2D eigenvalue weighted by Crippen LogP contribution is -2.04. The summed E-state index contributed by atoms with van der Waals surface area (Å²) in [7, 11) is 0. The first-order valence-electron chi connectivity index (χ1n) is 3.90. The molecule has 13 heavy (non-hydrogen) atoms. The van der Waals surface area contributed by atoms with E-state index < -0.39 is 0 Å². The summed E-state index contributed by atoms with van der Waals surface area (Å²) in [5, 5.41) is 0. The molecular weight excluding hydrogens is 394 g/mol. The van der Waals surface area contributed by atoms with Crippen LogP contribution in [0.4, 0.5) is 0 Å². The molecule has 0 aliphatic heterocycles. The molecule has 0 saturated carbocycles. The third-order valence-corrected chi connectivity index (χ3v) is 3.11. The van der Waals surface area contributed by atoms with Gasteiger partial charge in [0.25, 0.3) is 0 Å². The van der Waals surface area contributed by atoms with Crippen molar-refractivity contribution in [2.45, 2.75) is 6.92 Å². The van der Waals surface area contributed by atoms with E-state index in [0.29, 0.717) is 13.4 Å². The van der Waals surface area contributed by atoms with Gasteiger partial charge in [0, 0.05) is 6.61 Å². The maximum atomic E-state index is 5.47. The largest absolute Gasteiger partial charge is 0.465 e. The zero-order valence-corrected chi connectivity index (χ0v) is 11.5. The van der Waals surface area contributed by atoms with Crippen LogP contribution in [-0.2, 0) is 4.74 Å². The van der Waals surface area contributed by atoms with E-state index in [1.807, 2.05) is 25.1 Å². The molecule has 0 aromatic heterocycles. The average Bonchev–Trinajstić information content (AvgIpc) is 2.10. The van der Waals surface area contributed by atoms with Gasteiger partial charge < -0.3 is 9.47 Å². The minimum Gasteiger partial charge on any atom is -0.465 e. The Labute approximate surface area is 105 Å². The van der Waals surface area contributed by atoms with E-state index in [1.165, 1.54) is 0 Å². The number of hydrogen-bond acceptors (Lipinski definition) is 2. The Bertz CT molecular complexity index is 256. The van der Waals surface area contributed by atoms with E-state index in [-0.39, 0.29) is 0 Å². The van der Waals surface area contributed by atoms with E-state index >= 15 is 0 Å². The minimum absolute atomic E-state index is 0.326. The average molecular weight is 404 g/mol. The van der Waals surface area contributed by atoms with Crippen molar-refractivity contribution in [3.05, 3.63) is 25.3 Å². The summed E-state index contributed by atoms with van der Waals surface area (Å²) >= 11 is 4.50. The van der Waals surface area contributed by atoms with Gasteiger partial charge in [0.15, 0.2) is 6.79 Å². The molecule has 0 unspecified atom stereocenters. The van der Waals surface area contributed by atoms with Gasteiger partial charge in [-0.05, 0) is 64.2 Å². The van der Waals surface area contributed by atoms with E-state index in [2.05, 4.69) is 45.2 Å². The van der Waals surface area contributed by atoms with Crippen LogP contribution in [0, 0.1) is 7.14 Å². The van der Waals surface area contributed by atoms with E-state index in [0.717, 1.165) is 12.9 Å². The van der Waals surface area contributed by atoms with Crippen molar-refractivity contribution in [2.75, 3.05) is 13.4 Å². The lowest BCUT2D eigenvalue weighted by atomic mass is 10.3. The second-order valence-electron chi connectivity index (χ2n) is 2.31. The van der Waals surface area contributed by atoms with Crippen LogP contribution in [0.25, 0.3) is 0 Å². The van der Waals surface area contributed by atoms with Gasteiger partial charge in [-0.2, -0.15) is 0 Å². The van der Waals surface area contributed by atoms with Gasteiger partial charge in [0.1, 0.15) is 5.75 Å². The standard InChI is InChI=1S/C9H10I2O2/c1-2-12-6-13-9-7(10)4-3-5-8(9)11/h3-5H,2,6H2,1H3. The quantitative estimate of drug-likeness (QED) is 0.436. The van der Waals surface area contributed by atoms with Crippen LogP contribution in [-0.4, -0.2) is 13.4 Å². The first-order valence-corrected chi connectivity index (χ1v) is 6.06. The predicted molar refractivity (Wildman–Crippen MR) is 69.0 cm³/mol. The second kappa shape index (κ2) is 6.02. The van der Waals surface area contributed by atoms with Gasteiger partial charge in [-0.25, -0.2) is 0 Å². The summed E-state index contributed by atoms with van der Waals surface area (Å²) in [6, 6.07) is 6.05. The molecule has 0 atom stereocenters. The zero-order chi connectivity index (χ0) is 9.68. The monoisotopic (exact) mass is 404 g/mol. The van der Waals surface area contributed by atoms with E-state index in [1.54, 1.807) is 0 Å². The number of hydrogen-bond donors (Lipinski definition) is 0. The van der Waals surface area contributed by atoms with Crippen LogP contribution in [0.15, 0.2) is 18.2 Å². The van der Waals surface area contributed by atoms with Crippen molar-refractivity contribution in [1.82, 2.24) is 0 Å². The van der Waals surface area contributed by atoms with Crippen molar-refractivity contribution < 1.29 is 9.47 Å². The molecule has 0 fully saturated rings. The molecule has 2 nitrogen and oxygen atoms in total. The molecule has 4 heteroatoms. The maximum Gasteiger partial charge on any atom is 0.189 e. The maximum absolute atomic E-state index is 5.47.